The van der Waals surface area contributed by atoms with Crippen molar-refractivity contribution in [1.29, 1.82) is 0 Å². The van der Waals surface area contributed by atoms with Crippen molar-refractivity contribution in [1.82, 2.24) is 4.90 Å². The predicted octanol–water partition coefficient (Wildman–Crippen LogP) is 3.18. The third kappa shape index (κ3) is 3.90. The quantitative estimate of drug-likeness (QED) is 0.842. The molecule has 1 fully saturated rings. The maximum absolute atomic E-state index is 12.4. The van der Waals surface area contributed by atoms with Gasteiger partial charge in [0.2, 0.25) is 0 Å². The van der Waals surface area contributed by atoms with Crippen LogP contribution in [0.15, 0.2) is 29.2 Å². The molecule has 5 heteroatoms. The van der Waals surface area contributed by atoms with E-state index in [-0.39, 0.29) is 18.7 Å². The number of carbonyl (C=O) groups excluding carboxylic acids is 1. The number of nitrogens with zero attached hydrogens (tertiary/aromatic N) is 1. The van der Waals surface area contributed by atoms with Crippen LogP contribution in [0.2, 0.25) is 0 Å². The lowest BCUT2D eigenvalue weighted by Crippen LogP contribution is -2.44. The topological polar surface area (TPSA) is 52.6 Å². The van der Waals surface area contributed by atoms with Crippen molar-refractivity contribution in [3.63, 3.8) is 0 Å². The number of thioether (sulfide) groups is 1. The summed E-state index contributed by atoms with van der Waals surface area (Å²) in [5.41, 5.74) is 0.808. The number of rotatable bonds is 3. The molecule has 1 atom stereocenters. The molecule has 1 aliphatic rings. The summed E-state index contributed by atoms with van der Waals surface area (Å²) >= 11 is 1.65. The minimum Gasteiger partial charge on any atom is -0.394 e. The molecule has 0 bridgehead atoms. The normalized spacial score (nSPS) is 19.5. The lowest BCUT2D eigenvalue weighted by atomic mass is 10.1. The Morgan fingerprint density at radius 2 is 2.30 bits per heavy atom. The van der Waals surface area contributed by atoms with E-state index in [4.69, 9.17) is 0 Å². The van der Waals surface area contributed by atoms with Crippen LogP contribution in [-0.2, 0) is 0 Å². The number of carbonyl (C=O) groups is 1. The first kappa shape index (κ1) is 15.2. The summed E-state index contributed by atoms with van der Waals surface area (Å²) in [4.78, 5) is 15.3. The van der Waals surface area contributed by atoms with Crippen molar-refractivity contribution in [3.05, 3.63) is 24.3 Å². The number of hydrogen-bond acceptors (Lipinski definition) is 3. The summed E-state index contributed by atoms with van der Waals surface area (Å²) in [7, 11) is 0. The number of benzene rings is 1. The largest absolute Gasteiger partial charge is 0.394 e. The van der Waals surface area contributed by atoms with Crippen LogP contribution in [-0.4, -0.2) is 41.5 Å². The molecule has 4 nitrogen and oxygen atoms in total. The van der Waals surface area contributed by atoms with Gasteiger partial charge in [0.25, 0.3) is 0 Å². The monoisotopic (exact) mass is 294 g/mol. The first-order valence-corrected chi connectivity index (χ1v) is 8.29. The number of nitrogens with one attached hydrogen (secondary N) is 1. The molecule has 1 aromatic rings. The standard InChI is InChI=1S/C15H22N2O2S/c1-20-14-8-5-6-12(10-14)16-15(19)17-9-4-2-3-7-13(17)11-18/h5-6,8,10,13,18H,2-4,7,9,11H2,1H3,(H,16,19)/t13-/m0/s1. The smallest absolute Gasteiger partial charge is 0.322 e. The second kappa shape index (κ2) is 7.55. The molecule has 1 aliphatic heterocycles. The number of aliphatic hydroxyl groups is 1. The second-order valence-electron chi connectivity index (χ2n) is 5.04. The van der Waals surface area contributed by atoms with Gasteiger partial charge in [-0.3, -0.25) is 0 Å². The Kier molecular flexibility index (Phi) is 5.73. The van der Waals surface area contributed by atoms with Gasteiger partial charge in [0.15, 0.2) is 0 Å². The van der Waals surface area contributed by atoms with E-state index < -0.39 is 0 Å². The number of likely N-dealkylation sites (tertiary alicyclic amines) is 1. The first-order valence-electron chi connectivity index (χ1n) is 7.07. The van der Waals surface area contributed by atoms with Crippen LogP contribution < -0.4 is 5.32 Å². The number of hydrogen-bond donors (Lipinski definition) is 2. The lowest BCUT2D eigenvalue weighted by molar-refractivity contribution is 0.142. The Labute approximate surface area is 124 Å². The fraction of sp³-hybridized carbons (Fsp3) is 0.533. The van der Waals surface area contributed by atoms with E-state index in [9.17, 15) is 9.90 Å². The molecule has 0 saturated carbocycles. The minimum absolute atomic E-state index is 0.0400. The van der Waals surface area contributed by atoms with Crippen molar-refractivity contribution >= 4 is 23.5 Å². The van der Waals surface area contributed by atoms with Gasteiger partial charge in [-0.15, -0.1) is 11.8 Å². The summed E-state index contributed by atoms with van der Waals surface area (Å²) in [6, 6.07) is 7.65. The van der Waals surface area contributed by atoms with E-state index in [1.165, 1.54) is 0 Å². The summed E-state index contributed by atoms with van der Waals surface area (Å²) in [5, 5.41) is 12.4. The maximum Gasteiger partial charge on any atom is 0.322 e. The third-order valence-electron chi connectivity index (χ3n) is 3.67. The zero-order valence-electron chi connectivity index (χ0n) is 11.8. The molecule has 0 radical (unpaired) electrons. The summed E-state index contributed by atoms with van der Waals surface area (Å²) in [6.45, 7) is 0.761. The van der Waals surface area contributed by atoms with E-state index in [0.29, 0.717) is 0 Å². The third-order valence-corrected chi connectivity index (χ3v) is 4.40. The minimum atomic E-state index is -0.107. The van der Waals surface area contributed by atoms with Crippen LogP contribution in [0, 0.1) is 0 Å². The van der Waals surface area contributed by atoms with Crippen LogP contribution in [0.4, 0.5) is 10.5 Å². The molecular weight excluding hydrogens is 272 g/mol. The highest BCUT2D eigenvalue weighted by molar-refractivity contribution is 7.98. The average molecular weight is 294 g/mol. The first-order chi connectivity index (χ1) is 9.74. The molecule has 1 aromatic carbocycles. The van der Waals surface area contributed by atoms with Crippen LogP contribution in [0.1, 0.15) is 25.7 Å². The van der Waals surface area contributed by atoms with Crippen molar-refractivity contribution in [3.8, 4) is 0 Å². The van der Waals surface area contributed by atoms with Crippen molar-refractivity contribution in [2.75, 3.05) is 24.7 Å². The molecule has 0 spiro atoms. The Hall–Kier alpha value is -1.20. The molecule has 2 N–H and O–H groups in total. The highest BCUT2D eigenvalue weighted by Crippen LogP contribution is 2.21. The summed E-state index contributed by atoms with van der Waals surface area (Å²) in [5.74, 6) is 0. The summed E-state index contributed by atoms with van der Waals surface area (Å²) < 4.78 is 0. The van der Waals surface area contributed by atoms with Gasteiger partial charge in [0, 0.05) is 17.1 Å². The molecule has 110 valence electrons. The van der Waals surface area contributed by atoms with Gasteiger partial charge < -0.3 is 15.3 Å². The molecule has 1 heterocycles. The second-order valence-corrected chi connectivity index (χ2v) is 5.92. The number of anilines is 1. The van der Waals surface area contributed by atoms with Gasteiger partial charge in [-0.2, -0.15) is 0 Å². The molecular formula is C15H22N2O2S. The molecule has 2 amide bonds. The van der Waals surface area contributed by atoms with E-state index in [1.807, 2.05) is 30.5 Å². The van der Waals surface area contributed by atoms with Gasteiger partial charge in [0.05, 0.1) is 12.6 Å². The Balaban J connectivity index is 2.05. The Morgan fingerprint density at radius 1 is 1.45 bits per heavy atom. The predicted molar refractivity (Wildman–Crippen MR) is 83.3 cm³/mol. The fourth-order valence-corrected chi connectivity index (χ4v) is 2.99. The molecule has 2 rings (SSSR count). The van der Waals surface area contributed by atoms with Crippen molar-refractivity contribution in [2.24, 2.45) is 0 Å². The molecule has 1 saturated heterocycles. The lowest BCUT2D eigenvalue weighted by Gasteiger charge is -2.28. The van der Waals surface area contributed by atoms with E-state index in [0.717, 1.165) is 42.8 Å². The van der Waals surface area contributed by atoms with E-state index >= 15 is 0 Å². The van der Waals surface area contributed by atoms with Crippen molar-refractivity contribution < 1.29 is 9.90 Å². The van der Waals surface area contributed by atoms with Crippen LogP contribution in [0.3, 0.4) is 0 Å². The van der Waals surface area contributed by atoms with Gasteiger partial charge in [-0.1, -0.05) is 18.9 Å². The van der Waals surface area contributed by atoms with Crippen molar-refractivity contribution in [2.45, 2.75) is 36.6 Å². The summed E-state index contributed by atoms with van der Waals surface area (Å²) in [6.07, 6.45) is 6.11. The van der Waals surface area contributed by atoms with Gasteiger partial charge in [-0.05, 0) is 37.3 Å². The number of urea groups is 1. The van der Waals surface area contributed by atoms with Gasteiger partial charge in [-0.25, -0.2) is 4.79 Å². The zero-order chi connectivity index (χ0) is 14.4. The molecule has 0 unspecified atom stereocenters. The van der Waals surface area contributed by atoms with E-state index in [2.05, 4.69) is 5.32 Å². The molecule has 0 aliphatic carbocycles. The Morgan fingerprint density at radius 3 is 3.05 bits per heavy atom. The van der Waals surface area contributed by atoms with Crippen LogP contribution >= 0.6 is 11.8 Å². The Bertz CT molecular complexity index is 453. The SMILES string of the molecule is CSc1cccc(NC(=O)N2CCCCC[C@H]2CO)c1. The highest BCUT2D eigenvalue weighted by Gasteiger charge is 2.24. The molecule has 20 heavy (non-hydrogen) atoms. The number of aliphatic hydroxyl groups excluding tert-OH is 1. The van der Waals surface area contributed by atoms with Gasteiger partial charge >= 0.3 is 6.03 Å². The van der Waals surface area contributed by atoms with Gasteiger partial charge in [0.1, 0.15) is 0 Å². The van der Waals surface area contributed by atoms with E-state index in [1.54, 1.807) is 16.7 Å². The highest BCUT2D eigenvalue weighted by atomic mass is 32.2. The maximum atomic E-state index is 12.4. The van der Waals surface area contributed by atoms with Crippen LogP contribution in [0.25, 0.3) is 0 Å². The average Bonchev–Trinajstić information content (AvgIpc) is 2.72. The molecule has 0 aromatic heterocycles. The van der Waals surface area contributed by atoms with Crippen LogP contribution in [0.5, 0.6) is 0 Å². The zero-order valence-corrected chi connectivity index (χ0v) is 12.7. The fourth-order valence-electron chi connectivity index (χ4n) is 2.53. The number of amides is 2.